The number of nitrogens with zero attached hydrogens (tertiary/aromatic N) is 3. The van der Waals surface area contributed by atoms with Crippen LogP contribution in [0, 0.1) is 17.9 Å². The third-order valence-electron chi connectivity index (χ3n) is 3.94. The summed E-state index contributed by atoms with van der Waals surface area (Å²) in [4.78, 5) is 3.29. The van der Waals surface area contributed by atoms with Crippen LogP contribution in [0.1, 0.15) is 30.2 Å². The van der Waals surface area contributed by atoms with Gasteiger partial charge in [0.25, 0.3) is 5.70 Å². The highest BCUT2D eigenvalue weighted by atomic mass is 16.5. The maximum atomic E-state index is 9.05. The van der Waals surface area contributed by atoms with Gasteiger partial charge in [0.1, 0.15) is 0 Å². The van der Waals surface area contributed by atoms with E-state index in [2.05, 4.69) is 15.5 Å². The number of hydrogen-bond donors (Lipinski definition) is 0. The van der Waals surface area contributed by atoms with Gasteiger partial charge < -0.3 is 9.30 Å². The number of para-hydroxylation sites is 1. The molecule has 0 amide bonds. The van der Waals surface area contributed by atoms with Gasteiger partial charge in [0.2, 0.25) is 0 Å². The molecule has 1 unspecified atom stereocenters. The molecule has 0 N–H and O–H groups in total. The average Bonchev–Trinajstić information content (AvgIpc) is 3.12. The van der Waals surface area contributed by atoms with E-state index in [1.54, 1.807) is 6.08 Å². The van der Waals surface area contributed by atoms with E-state index in [0.717, 1.165) is 41.6 Å². The number of aryl methyl sites for hydroxylation is 1. The Morgan fingerprint density at radius 1 is 1.52 bits per heavy atom. The van der Waals surface area contributed by atoms with Gasteiger partial charge in [-0.3, -0.25) is 0 Å². The Labute approximate surface area is 123 Å². The van der Waals surface area contributed by atoms with E-state index in [-0.39, 0.29) is 11.8 Å². The molecule has 4 heteroatoms. The fraction of sp³-hybridized carbons (Fsp3) is 0.294. The summed E-state index contributed by atoms with van der Waals surface area (Å²) in [6.07, 6.45) is 3.75. The largest absolute Gasteiger partial charge is 0.372 e. The maximum Gasteiger partial charge on any atom is 0.262 e. The molecule has 1 aromatic heterocycles. The summed E-state index contributed by atoms with van der Waals surface area (Å²) in [5.74, 6) is 0. The fourth-order valence-electron chi connectivity index (χ4n) is 3.00. The predicted molar refractivity (Wildman–Crippen MR) is 81.0 cm³/mol. The molecule has 0 saturated carbocycles. The molecule has 4 nitrogen and oxygen atoms in total. The highest BCUT2D eigenvalue weighted by Gasteiger charge is 2.25. The molecule has 1 aromatic carbocycles. The van der Waals surface area contributed by atoms with E-state index in [0.29, 0.717) is 0 Å². The molecule has 1 aliphatic rings. The van der Waals surface area contributed by atoms with Crippen molar-refractivity contribution in [3.8, 4) is 6.07 Å². The predicted octanol–water partition coefficient (Wildman–Crippen LogP) is 3.81. The van der Waals surface area contributed by atoms with Gasteiger partial charge in [-0.2, -0.15) is 0 Å². The van der Waals surface area contributed by atoms with Gasteiger partial charge >= 0.3 is 0 Å². The van der Waals surface area contributed by atoms with E-state index < -0.39 is 0 Å². The standard InChI is InChI=1S/C17H15N3O/c1-19-12(11-18)10-14-13-6-3-4-7-15(13)20(2)17(14)16-8-5-9-21-16/h3-4,6-7,10,16H,5,8-9H2,2H3/b12-10-. The Balaban J connectivity index is 2.29. The van der Waals surface area contributed by atoms with Crippen LogP contribution < -0.4 is 0 Å². The summed E-state index contributed by atoms with van der Waals surface area (Å²) in [6, 6.07) is 10.00. The number of aromatic nitrogens is 1. The third-order valence-corrected chi connectivity index (χ3v) is 3.94. The normalized spacial score (nSPS) is 18.6. The molecule has 0 radical (unpaired) electrons. The second kappa shape index (κ2) is 5.44. The first-order chi connectivity index (χ1) is 10.3. The average molecular weight is 277 g/mol. The molecule has 104 valence electrons. The summed E-state index contributed by atoms with van der Waals surface area (Å²) < 4.78 is 7.95. The summed E-state index contributed by atoms with van der Waals surface area (Å²) in [5.41, 5.74) is 3.19. The van der Waals surface area contributed by atoms with Crippen molar-refractivity contribution < 1.29 is 4.74 Å². The van der Waals surface area contributed by atoms with Crippen LogP contribution in [0.3, 0.4) is 0 Å². The lowest BCUT2D eigenvalue weighted by Gasteiger charge is -2.13. The number of benzene rings is 1. The van der Waals surface area contributed by atoms with Crippen molar-refractivity contribution in [2.24, 2.45) is 7.05 Å². The molecule has 1 saturated heterocycles. The molecule has 1 aliphatic heterocycles. The van der Waals surface area contributed by atoms with Gasteiger partial charge in [0.15, 0.2) is 0 Å². The van der Waals surface area contributed by atoms with Crippen molar-refractivity contribution in [1.29, 1.82) is 5.26 Å². The highest BCUT2D eigenvalue weighted by Crippen LogP contribution is 2.37. The second-order valence-corrected chi connectivity index (χ2v) is 5.13. The number of allylic oxidation sites excluding steroid dienone is 1. The zero-order valence-electron chi connectivity index (χ0n) is 11.8. The van der Waals surface area contributed by atoms with Crippen LogP contribution in [0.2, 0.25) is 0 Å². The fourth-order valence-corrected chi connectivity index (χ4v) is 3.00. The van der Waals surface area contributed by atoms with Crippen molar-refractivity contribution in [1.82, 2.24) is 4.57 Å². The van der Waals surface area contributed by atoms with Gasteiger partial charge in [0.05, 0.1) is 24.4 Å². The van der Waals surface area contributed by atoms with Crippen LogP contribution in [-0.4, -0.2) is 11.2 Å². The van der Waals surface area contributed by atoms with Crippen molar-refractivity contribution in [2.75, 3.05) is 6.61 Å². The Hall–Kier alpha value is -2.56. The first kappa shape index (κ1) is 13.4. The molecule has 0 spiro atoms. The SMILES string of the molecule is [C-]#[N+]/C(C#N)=C\c1c(C2CCCO2)n(C)c2ccccc12. The van der Waals surface area contributed by atoms with Crippen LogP contribution >= 0.6 is 0 Å². The first-order valence-electron chi connectivity index (χ1n) is 6.94. The zero-order chi connectivity index (χ0) is 14.8. The minimum absolute atomic E-state index is 0.0410. The van der Waals surface area contributed by atoms with E-state index >= 15 is 0 Å². The second-order valence-electron chi connectivity index (χ2n) is 5.13. The number of nitriles is 1. The Kier molecular flexibility index (Phi) is 3.48. The van der Waals surface area contributed by atoms with Gasteiger partial charge in [-0.15, -0.1) is 0 Å². The lowest BCUT2D eigenvalue weighted by molar-refractivity contribution is 0.106. The van der Waals surface area contributed by atoms with Crippen LogP contribution in [0.4, 0.5) is 0 Å². The van der Waals surface area contributed by atoms with Gasteiger partial charge in [-0.05, 0) is 30.5 Å². The van der Waals surface area contributed by atoms with Crippen molar-refractivity contribution in [3.05, 3.63) is 52.6 Å². The summed E-state index contributed by atoms with van der Waals surface area (Å²) >= 11 is 0. The molecular weight excluding hydrogens is 262 g/mol. The Bertz CT molecular complexity index is 780. The molecule has 2 heterocycles. The lowest BCUT2D eigenvalue weighted by Crippen LogP contribution is -2.04. The molecule has 2 aromatic rings. The van der Waals surface area contributed by atoms with Gasteiger partial charge in [-0.1, -0.05) is 18.2 Å². The smallest absolute Gasteiger partial charge is 0.262 e. The van der Waals surface area contributed by atoms with Crippen molar-refractivity contribution in [3.63, 3.8) is 0 Å². The van der Waals surface area contributed by atoms with E-state index in [9.17, 15) is 0 Å². The summed E-state index contributed by atoms with van der Waals surface area (Å²) in [7, 11) is 2.01. The Morgan fingerprint density at radius 3 is 3.00 bits per heavy atom. The molecule has 3 rings (SSSR count). The minimum Gasteiger partial charge on any atom is -0.372 e. The summed E-state index contributed by atoms with van der Waals surface area (Å²) in [5, 5.41) is 10.1. The summed E-state index contributed by atoms with van der Waals surface area (Å²) in [6.45, 7) is 7.87. The number of ether oxygens (including phenoxy) is 1. The zero-order valence-corrected chi connectivity index (χ0v) is 11.8. The molecule has 0 aliphatic carbocycles. The van der Waals surface area contributed by atoms with E-state index in [1.807, 2.05) is 31.3 Å². The lowest BCUT2D eigenvalue weighted by atomic mass is 10.0. The molecule has 0 bridgehead atoms. The number of fused-ring (bicyclic) bond motifs is 1. The monoisotopic (exact) mass is 277 g/mol. The number of rotatable bonds is 2. The molecular formula is C17H15N3O. The van der Waals surface area contributed by atoms with Crippen molar-refractivity contribution in [2.45, 2.75) is 18.9 Å². The highest BCUT2D eigenvalue weighted by molar-refractivity contribution is 5.92. The minimum atomic E-state index is 0.0410. The number of hydrogen-bond acceptors (Lipinski definition) is 2. The molecule has 1 atom stereocenters. The van der Waals surface area contributed by atoms with Crippen LogP contribution in [0.5, 0.6) is 0 Å². The third kappa shape index (κ3) is 2.20. The first-order valence-corrected chi connectivity index (χ1v) is 6.94. The van der Waals surface area contributed by atoms with Gasteiger partial charge in [-0.25, -0.2) is 10.1 Å². The maximum absolute atomic E-state index is 9.05. The van der Waals surface area contributed by atoms with E-state index in [4.69, 9.17) is 16.6 Å². The van der Waals surface area contributed by atoms with Crippen LogP contribution in [0.25, 0.3) is 21.8 Å². The van der Waals surface area contributed by atoms with Crippen LogP contribution in [0.15, 0.2) is 30.0 Å². The Morgan fingerprint density at radius 2 is 2.33 bits per heavy atom. The molecule has 21 heavy (non-hydrogen) atoms. The topological polar surface area (TPSA) is 42.3 Å². The van der Waals surface area contributed by atoms with Crippen molar-refractivity contribution >= 4 is 17.0 Å². The van der Waals surface area contributed by atoms with E-state index in [1.165, 1.54) is 0 Å². The van der Waals surface area contributed by atoms with Crippen LogP contribution in [-0.2, 0) is 11.8 Å². The molecule has 1 fully saturated rings. The van der Waals surface area contributed by atoms with Gasteiger partial charge in [0, 0.05) is 24.6 Å². The quantitative estimate of drug-likeness (QED) is 0.618.